The van der Waals surface area contributed by atoms with Crippen LogP contribution in [0.25, 0.3) is 10.2 Å². The zero-order valence-corrected chi connectivity index (χ0v) is 17.4. The van der Waals surface area contributed by atoms with Crippen molar-refractivity contribution < 1.29 is 9.59 Å². The van der Waals surface area contributed by atoms with Crippen molar-refractivity contribution in [3.8, 4) is 0 Å². The van der Waals surface area contributed by atoms with Crippen molar-refractivity contribution in [3.63, 3.8) is 0 Å². The minimum Gasteiger partial charge on any atom is -0.323 e. The van der Waals surface area contributed by atoms with Gasteiger partial charge in [0.05, 0.1) is 22.9 Å². The molecular weight excluding hydrogens is 372 g/mol. The number of hydrogen-bond acceptors (Lipinski definition) is 5. The molecule has 3 amide bonds. The van der Waals surface area contributed by atoms with E-state index in [1.807, 2.05) is 30.1 Å². The molecule has 1 aliphatic carbocycles. The molecule has 1 saturated carbocycles. The molecule has 0 radical (unpaired) electrons. The van der Waals surface area contributed by atoms with Crippen LogP contribution in [-0.4, -0.2) is 46.0 Å². The summed E-state index contributed by atoms with van der Waals surface area (Å²) < 4.78 is 1.15. The number of benzene rings is 1. The number of imide groups is 1. The summed E-state index contributed by atoms with van der Waals surface area (Å²) in [6.07, 6.45) is 7.01. The highest BCUT2D eigenvalue weighted by Crippen LogP contribution is 2.33. The van der Waals surface area contributed by atoms with E-state index in [-0.39, 0.29) is 24.6 Å². The van der Waals surface area contributed by atoms with Gasteiger partial charge in [-0.15, -0.1) is 11.3 Å². The Balaban J connectivity index is 1.48. The summed E-state index contributed by atoms with van der Waals surface area (Å²) >= 11 is 1.66. The van der Waals surface area contributed by atoms with Crippen molar-refractivity contribution in [2.24, 2.45) is 0 Å². The molecule has 4 rings (SSSR count). The first kappa shape index (κ1) is 19.3. The number of nitrogens with zero attached hydrogens (tertiary/aromatic N) is 3. The molecule has 1 N–H and O–H groups in total. The third kappa shape index (κ3) is 3.53. The molecule has 1 atom stereocenters. The van der Waals surface area contributed by atoms with E-state index in [2.05, 4.69) is 18.3 Å². The molecule has 1 spiro atoms. The average molecular weight is 401 g/mol. The van der Waals surface area contributed by atoms with Crippen molar-refractivity contribution in [1.29, 1.82) is 0 Å². The fraction of sp³-hybridized carbons (Fsp3) is 0.571. The third-order valence-corrected chi connectivity index (χ3v) is 7.35. The largest absolute Gasteiger partial charge is 0.326 e. The summed E-state index contributed by atoms with van der Waals surface area (Å²) in [5.74, 6) is -0.0530. The lowest BCUT2D eigenvalue weighted by molar-refractivity contribution is -0.133. The number of para-hydroxylation sites is 1. The number of carbonyl (C=O) groups excluding carboxylic acids is 2. The van der Waals surface area contributed by atoms with Crippen LogP contribution in [-0.2, 0) is 4.79 Å². The maximum absolute atomic E-state index is 13.2. The Kier molecular flexibility index (Phi) is 5.38. The van der Waals surface area contributed by atoms with Gasteiger partial charge in [-0.25, -0.2) is 14.7 Å². The van der Waals surface area contributed by atoms with Crippen LogP contribution in [0.1, 0.15) is 62.9 Å². The lowest BCUT2D eigenvalue weighted by atomic mass is 9.84. The molecular formula is C21H28N4O2S. The quantitative estimate of drug-likeness (QED) is 0.778. The normalized spacial score (nSPS) is 21.2. The van der Waals surface area contributed by atoms with Crippen molar-refractivity contribution in [2.75, 3.05) is 13.7 Å². The summed E-state index contributed by atoms with van der Waals surface area (Å²) in [7, 11) is 1.94. The Labute approximate surface area is 169 Å². The van der Waals surface area contributed by atoms with Gasteiger partial charge in [-0.2, -0.15) is 0 Å². The standard InChI is InChI=1S/C21H28N4O2S/c1-15(18-22-16-10-6-7-11-17(16)28-18)24(2)14-25-19(26)21(23-20(25)27)12-8-4-3-5-9-13-21/h6-7,10-11,15H,3-5,8-9,12-14H2,1-2H3,(H,23,27)/t15-/m1/s1. The highest BCUT2D eigenvalue weighted by Gasteiger charge is 2.50. The van der Waals surface area contributed by atoms with Crippen LogP contribution in [0.3, 0.4) is 0 Å². The molecule has 2 fully saturated rings. The minimum absolute atomic E-state index is 0.0203. The first-order valence-electron chi connectivity index (χ1n) is 10.2. The summed E-state index contributed by atoms with van der Waals surface area (Å²) in [5.41, 5.74) is 0.309. The Morgan fingerprint density at radius 3 is 2.57 bits per heavy atom. The van der Waals surface area contributed by atoms with Gasteiger partial charge in [0, 0.05) is 0 Å². The lowest BCUT2D eigenvalue weighted by Crippen LogP contribution is -2.48. The van der Waals surface area contributed by atoms with E-state index < -0.39 is 5.54 Å². The topological polar surface area (TPSA) is 65.5 Å². The summed E-state index contributed by atoms with van der Waals surface area (Å²) in [6.45, 7) is 2.35. The second kappa shape index (κ2) is 7.79. The molecule has 0 unspecified atom stereocenters. The van der Waals surface area contributed by atoms with Gasteiger partial charge in [0.1, 0.15) is 10.5 Å². The molecule has 1 aromatic heterocycles. The summed E-state index contributed by atoms with van der Waals surface area (Å²) in [4.78, 5) is 34.0. The van der Waals surface area contributed by atoms with E-state index >= 15 is 0 Å². The first-order valence-corrected chi connectivity index (χ1v) is 11.0. The Bertz CT molecular complexity index is 839. The number of hydrogen-bond donors (Lipinski definition) is 1. The van der Waals surface area contributed by atoms with Gasteiger partial charge in [-0.05, 0) is 38.9 Å². The number of urea groups is 1. The summed E-state index contributed by atoms with van der Waals surface area (Å²) in [5, 5.41) is 4.04. The maximum atomic E-state index is 13.2. The van der Waals surface area contributed by atoms with Crippen LogP contribution in [0.15, 0.2) is 24.3 Å². The van der Waals surface area contributed by atoms with Gasteiger partial charge in [-0.3, -0.25) is 9.69 Å². The number of carbonyl (C=O) groups is 2. The van der Waals surface area contributed by atoms with Crippen molar-refractivity contribution >= 4 is 33.5 Å². The second-order valence-corrected chi connectivity index (χ2v) is 9.17. The molecule has 6 nitrogen and oxygen atoms in total. The number of fused-ring (bicyclic) bond motifs is 1. The predicted octanol–water partition coefficient (Wildman–Crippen LogP) is 4.28. The molecule has 2 aliphatic rings. The van der Waals surface area contributed by atoms with Gasteiger partial charge in [-0.1, -0.05) is 44.2 Å². The number of nitrogens with one attached hydrogen (secondary N) is 1. The van der Waals surface area contributed by atoms with Crippen LogP contribution in [0, 0.1) is 0 Å². The van der Waals surface area contributed by atoms with Crippen LogP contribution >= 0.6 is 11.3 Å². The number of amides is 3. The Hall–Kier alpha value is -1.99. The van der Waals surface area contributed by atoms with Crippen molar-refractivity contribution in [1.82, 2.24) is 20.1 Å². The molecule has 0 bridgehead atoms. The fourth-order valence-corrected chi connectivity index (χ4v) is 5.34. The second-order valence-electron chi connectivity index (χ2n) is 8.11. The molecule has 1 aliphatic heterocycles. The zero-order valence-electron chi connectivity index (χ0n) is 16.6. The van der Waals surface area contributed by atoms with E-state index in [9.17, 15) is 9.59 Å². The van der Waals surface area contributed by atoms with Crippen LogP contribution in [0.5, 0.6) is 0 Å². The van der Waals surface area contributed by atoms with E-state index in [0.717, 1.165) is 53.7 Å². The third-order valence-electron chi connectivity index (χ3n) is 6.15. The number of thiazole rings is 1. The molecule has 1 saturated heterocycles. The SMILES string of the molecule is C[C@H](c1nc2ccccc2s1)N(C)CN1C(=O)NC2(CCCCCCC2)C1=O. The van der Waals surface area contributed by atoms with Gasteiger partial charge >= 0.3 is 6.03 Å². The van der Waals surface area contributed by atoms with E-state index in [0.29, 0.717) is 0 Å². The van der Waals surface area contributed by atoms with Crippen molar-refractivity contribution in [2.45, 2.75) is 63.5 Å². The number of rotatable bonds is 4. The molecule has 150 valence electrons. The van der Waals surface area contributed by atoms with Gasteiger partial charge < -0.3 is 5.32 Å². The Morgan fingerprint density at radius 2 is 1.86 bits per heavy atom. The average Bonchev–Trinajstić information content (AvgIpc) is 3.19. The maximum Gasteiger partial charge on any atom is 0.326 e. The van der Waals surface area contributed by atoms with E-state index in [1.54, 1.807) is 11.3 Å². The van der Waals surface area contributed by atoms with E-state index in [1.165, 1.54) is 11.3 Å². The highest BCUT2D eigenvalue weighted by molar-refractivity contribution is 7.18. The molecule has 2 aromatic rings. The van der Waals surface area contributed by atoms with Crippen LogP contribution < -0.4 is 5.32 Å². The predicted molar refractivity (Wildman–Crippen MR) is 111 cm³/mol. The lowest BCUT2D eigenvalue weighted by Gasteiger charge is -2.30. The fourth-order valence-electron chi connectivity index (χ4n) is 4.26. The highest BCUT2D eigenvalue weighted by atomic mass is 32.1. The first-order chi connectivity index (χ1) is 13.5. The molecule has 7 heteroatoms. The zero-order chi connectivity index (χ0) is 19.7. The minimum atomic E-state index is -0.683. The van der Waals surface area contributed by atoms with Crippen LogP contribution in [0.2, 0.25) is 0 Å². The van der Waals surface area contributed by atoms with Gasteiger partial charge in [0.25, 0.3) is 5.91 Å². The Morgan fingerprint density at radius 1 is 1.18 bits per heavy atom. The van der Waals surface area contributed by atoms with E-state index in [4.69, 9.17) is 4.98 Å². The molecule has 28 heavy (non-hydrogen) atoms. The van der Waals surface area contributed by atoms with Crippen molar-refractivity contribution in [3.05, 3.63) is 29.3 Å². The number of aromatic nitrogens is 1. The summed E-state index contributed by atoms with van der Waals surface area (Å²) in [6, 6.07) is 7.85. The monoisotopic (exact) mass is 400 g/mol. The molecule has 1 aromatic carbocycles. The molecule has 2 heterocycles. The van der Waals surface area contributed by atoms with Gasteiger partial charge in [0.15, 0.2) is 0 Å². The smallest absolute Gasteiger partial charge is 0.323 e. The van der Waals surface area contributed by atoms with Gasteiger partial charge in [0.2, 0.25) is 0 Å². The van der Waals surface area contributed by atoms with Crippen LogP contribution in [0.4, 0.5) is 4.79 Å².